The van der Waals surface area contributed by atoms with Crippen molar-refractivity contribution in [3.8, 4) is 33.6 Å². The van der Waals surface area contributed by atoms with Crippen molar-refractivity contribution in [1.82, 2.24) is 39.5 Å². The van der Waals surface area contributed by atoms with Crippen molar-refractivity contribution in [2.75, 3.05) is 34.2 Å². The van der Waals surface area contributed by atoms with Gasteiger partial charge in [0.15, 0.2) is 0 Å². The minimum absolute atomic E-state index is 0.0418. The number of likely N-dealkylation sites (tertiary alicyclic amines) is 2. The number of likely N-dealkylation sites (N-methyl/N-ethyl adjacent to an activating group) is 2. The van der Waals surface area contributed by atoms with Crippen LogP contribution in [0.15, 0.2) is 91.3 Å². The lowest BCUT2D eigenvalue weighted by Gasteiger charge is -2.32. The molecule has 0 saturated carbocycles. The number of benzene rings is 3. The maximum Gasteiger partial charge on any atom is 0.407 e. The Labute approximate surface area is 309 Å². The SMILES string of the molecule is CC(C(=O)N1CCC[C@H]1c1ncc(-c2ccc(-c3ccc(-c4cnc([C@@H]5CCCN5C(=O)[C@@H](c5ccccc5)N(C)C(=O)O)[nH]4)cc3)cc2)[nH]1)N(C)C. The van der Waals surface area contributed by atoms with E-state index in [1.807, 2.05) is 55.2 Å². The number of rotatable bonds is 10. The summed E-state index contributed by atoms with van der Waals surface area (Å²) in [7, 11) is 5.29. The van der Waals surface area contributed by atoms with Crippen LogP contribution >= 0.6 is 0 Å². The van der Waals surface area contributed by atoms with Crippen molar-refractivity contribution in [3.63, 3.8) is 0 Å². The standard InChI is InChI=1S/C41H46N8O4/c1-26(46(2)3)39(50)48-22-8-12-34(48)37-42-24-32(44-37)29-18-14-27(15-19-29)28-16-20-30(21-17-28)33-25-43-38(45-33)35-13-9-23-49(35)40(51)36(47(4)41(52)53)31-10-6-5-7-11-31/h5-7,10-11,14-21,24-26,34-36H,8-9,12-13,22-23H2,1-4H3,(H,42,44)(H,43,45)(H,52,53)/t26?,34-,35-,36+/m0/s1. The largest absolute Gasteiger partial charge is 0.465 e. The molecule has 4 heterocycles. The predicted molar refractivity (Wildman–Crippen MR) is 203 cm³/mol. The highest BCUT2D eigenvalue weighted by atomic mass is 16.4. The maximum absolute atomic E-state index is 13.9. The molecule has 0 spiro atoms. The first-order chi connectivity index (χ1) is 25.6. The van der Waals surface area contributed by atoms with Gasteiger partial charge in [-0.1, -0.05) is 78.9 Å². The average Bonchev–Trinajstić information content (AvgIpc) is 4.01. The molecule has 2 aliphatic heterocycles. The second-order valence-electron chi connectivity index (χ2n) is 14.2. The monoisotopic (exact) mass is 714 g/mol. The number of hydrogen-bond acceptors (Lipinski definition) is 6. The van der Waals surface area contributed by atoms with Gasteiger partial charge >= 0.3 is 6.09 Å². The minimum atomic E-state index is -1.16. The van der Waals surface area contributed by atoms with E-state index in [-0.39, 0.29) is 29.9 Å². The Morgan fingerprint density at radius 1 is 0.698 bits per heavy atom. The third kappa shape index (κ3) is 7.19. The summed E-state index contributed by atoms with van der Waals surface area (Å²) < 4.78 is 0. The molecule has 12 heteroatoms. The van der Waals surface area contributed by atoms with Crippen molar-refractivity contribution >= 4 is 17.9 Å². The molecule has 4 atom stereocenters. The van der Waals surface area contributed by atoms with Gasteiger partial charge in [0.2, 0.25) is 5.91 Å². The smallest absolute Gasteiger partial charge is 0.407 e. The van der Waals surface area contributed by atoms with Gasteiger partial charge < -0.3 is 24.9 Å². The molecular formula is C41H46N8O4. The molecule has 7 rings (SSSR count). The van der Waals surface area contributed by atoms with E-state index in [2.05, 4.69) is 68.5 Å². The number of aromatic amines is 2. The van der Waals surface area contributed by atoms with Gasteiger partial charge in [-0.15, -0.1) is 0 Å². The molecule has 5 aromatic rings. The molecule has 0 bridgehead atoms. The second kappa shape index (κ2) is 15.1. The lowest BCUT2D eigenvalue weighted by Crippen LogP contribution is -2.44. The zero-order valence-electron chi connectivity index (χ0n) is 30.6. The molecule has 274 valence electrons. The highest BCUT2D eigenvalue weighted by molar-refractivity contribution is 5.87. The van der Waals surface area contributed by atoms with E-state index >= 15 is 0 Å². The van der Waals surface area contributed by atoms with Crippen LogP contribution in [0.4, 0.5) is 4.79 Å². The summed E-state index contributed by atoms with van der Waals surface area (Å²) >= 11 is 0. The Balaban J connectivity index is 1.02. The summed E-state index contributed by atoms with van der Waals surface area (Å²) in [5.74, 6) is 1.39. The van der Waals surface area contributed by atoms with E-state index in [0.717, 1.165) is 76.6 Å². The first-order valence-electron chi connectivity index (χ1n) is 18.2. The second-order valence-corrected chi connectivity index (χ2v) is 14.2. The Hall–Kier alpha value is -5.75. The number of amides is 3. The lowest BCUT2D eigenvalue weighted by atomic mass is 10.0. The summed E-state index contributed by atoms with van der Waals surface area (Å²) in [6.45, 7) is 3.22. The Bertz CT molecular complexity index is 2060. The number of carboxylic acid groups (broad SMARTS) is 1. The summed E-state index contributed by atoms with van der Waals surface area (Å²) in [4.78, 5) is 62.0. The fourth-order valence-electron chi connectivity index (χ4n) is 7.51. The van der Waals surface area contributed by atoms with Crippen molar-refractivity contribution in [3.05, 3.63) is 108 Å². The molecule has 2 saturated heterocycles. The number of H-pyrrole nitrogens is 2. The third-order valence-electron chi connectivity index (χ3n) is 10.8. The van der Waals surface area contributed by atoms with Crippen LogP contribution in [-0.4, -0.2) is 103 Å². The highest BCUT2D eigenvalue weighted by Gasteiger charge is 2.39. The van der Waals surface area contributed by atoms with E-state index < -0.39 is 12.1 Å². The average molecular weight is 715 g/mol. The van der Waals surface area contributed by atoms with Crippen LogP contribution in [0.2, 0.25) is 0 Å². The molecule has 3 N–H and O–H groups in total. The van der Waals surface area contributed by atoms with Crippen LogP contribution in [0.5, 0.6) is 0 Å². The number of carbonyl (C=O) groups is 3. The summed E-state index contributed by atoms with van der Waals surface area (Å²) in [5.41, 5.74) is 6.54. The number of hydrogen-bond donors (Lipinski definition) is 3. The molecule has 53 heavy (non-hydrogen) atoms. The van der Waals surface area contributed by atoms with E-state index in [9.17, 15) is 19.5 Å². The van der Waals surface area contributed by atoms with Gasteiger partial charge in [0.1, 0.15) is 17.7 Å². The van der Waals surface area contributed by atoms with Crippen LogP contribution in [0.1, 0.15) is 67.9 Å². The van der Waals surface area contributed by atoms with Crippen LogP contribution in [0.25, 0.3) is 33.6 Å². The van der Waals surface area contributed by atoms with Crippen LogP contribution in [0.3, 0.4) is 0 Å². The highest BCUT2D eigenvalue weighted by Crippen LogP contribution is 2.36. The van der Waals surface area contributed by atoms with Gasteiger partial charge in [0.25, 0.3) is 5.91 Å². The zero-order chi connectivity index (χ0) is 37.2. The van der Waals surface area contributed by atoms with Crippen molar-refractivity contribution < 1.29 is 19.5 Å². The molecule has 2 fully saturated rings. The van der Waals surface area contributed by atoms with Gasteiger partial charge in [0.05, 0.1) is 41.9 Å². The lowest BCUT2D eigenvalue weighted by molar-refractivity contribution is -0.137. The molecule has 12 nitrogen and oxygen atoms in total. The summed E-state index contributed by atoms with van der Waals surface area (Å²) in [6, 6.07) is 24.2. The summed E-state index contributed by atoms with van der Waals surface area (Å²) in [5, 5.41) is 9.77. The van der Waals surface area contributed by atoms with Crippen molar-refractivity contribution in [2.45, 2.75) is 56.8 Å². The fraction of sp³-hybridized carbons (Fsp3) is 0.341. The number of carbonyl (C=O) groups excluding carboxylic acids is 2. The minimum Gasteiger partial charge on any atom is -0.465 e. The predicted octanol–water partition coefficient (Wildman–Crippen LogP) is 6.76. The topological polar surface area (TPSA) is 142 Å². The Kier molecular flexibility index (Phi) is 10.1. The van der Waals surface area contributed by atoms with Crippen LogP contribution in [-0.2, 0) is 9.59 Å². The molecular weight excluding hydrogens is 669 g/mol. The summed E-state index contributed by atoms with van der Waals surface area (Å²) in [6.07, 6.45) is 5.88. The molecule has 3 amide bonds. The van der Waals surface area contributed by atoms with E-state index in [1.54, 1.807) is 23.2 Å². The number of nitrogens with one attached hydrogen (secondary N) is 2. The zero-order valence-corrected chi connectivity index (χ0v) is 30.6. The van der Waals surface area contributed by atoms with Gasteiger partial charge in [-0.25, -0.2) is 14.8 Å². The molecule has 1 unspecified atom stereocenters. The maximum atomic E-state index is 13.9. The first kappa shape index (κ1) is 35.6. The molecule has 3 aromatic carbocycles. The van der Waals surface area contributed by atoms with Crippen LogP contribution in [0, 0.1) is 0 Å². The Morgan fingerprint density at radius 2 is 1.15 bits per heavy atom. The third-order valence-corrected chi connectivity index (χ3v) is 10.8. The van der Waals surface area contributed by atoms with Gasteiger partial charge in [-0.2, -0.15) is 0 Å². The van der Waals surface area contributed by atoms with Gasteiger partial charge in [-0.3, -0.25) is 19.4 Å². The molecule has 2 aromatic heterocycles. The van der Waals surface area contributed by atoms with Gasteiger partial charge in [0, 0.05) is 20.1 Å². The van der Waals surface area contributed by atoms with Crippen molar-refractivity contribution in [1.29, 1.82) is 0 Å². The van der Waals surface area contributed by atoms with E-state index in [1.165, 1.54) is 7.05 Å². The van der Waals surface area contributed by atoms with E-state index in [0.29, 0.717) is 17.9 Å². The number of nitrogens with zero attached hydrogens (tertiary/aromatic N) is 6. The number of imidazole rings is 2. The first-order valence-corrected chi connectivity index (χ1v) is 18.2. The van der Waals surface area contributed by atoms with Crippen LogP contribution < -0.4 is 0 Å². The molecule has 0 radical (unpaired) electrons. The quantitative estimate of drug-likeness (QED) is 0.145. The van der Waals surface area contributed by atoms with Crippen molar-refractivity contribution in [2.24, 2.45) is 0 Å². The fourth-order valence-corrected chi connectivity index (χ4v) is 7.51. The molecule has 0 aliphatic carbocycles. The Morgan fingerprint density at radius 3 is 1.60 bits per heavy atom. The molecule has 2 aliphatic rings. The number of aromatic nitrogens is 4. The van der Waals surface area contributed by atoms with Gasteiger partial charge in [-0.05, 0) is 74.5 Å². The van der Waals surface area contributed by atoms with E-state index in [4.69, 9.17) is 0 Å². The normalized spacial score (nSPS) is 18.4.